The molecular weight excluding hydrogens is 270 g/mol. The monoisotopic (exact) mass is 293 g/mol. The molecule has 0 aliphatic heterocycles. The van der Waals surface area contributed by atoms with Crippen LogP contribution < -0.4 is 5.32 Å². The zero-order chi connectivity index (χ0) is 15.7. The summed E-state index contributed by atoms with van der Waals surface area (Å²) in [4.78, 5) is 23.8. The van der Waals surface area contributed by atoms with Gasteiger partial charge in [-0.1, -0.05) is 37.3 Å². The lowest BCUT2D eigenvalue weighted by atomic mass is 9.87. The largest absolute Gasteiger partial charge is 0.479 e. The average molecular weight is 293 g/mol. The molecule has 0 heterocycles. The molecule has 1 aromatic rings. The molecule has 21 heavy (non-hydrogen) atoms. The van der Waals surface area contributed by atoms with Gasteiger partial charge in [0.1, 0.15) is 0 Å². The molecule has 0 aliphatic rings. The van der Waals surface area contributed by atoms with Gasteiger partial charge in [-0.05, 0) is 24.8 Å². The molecule has 1 atom stereocenters. The van der Waals surface area contributed by atoms with Gasteiger partial charge in [0, 0.05) is 20.1 Å². The second-order valence-corrected chi connectivity index (χ2v) is 4.93. The number of carboxylic acid groups (broad SMARTS) is 1. The van der Waals surface area contributed by atoms with Gasteiger partial charge in [0.15, 0.2) is 5.54 Å². The molecule has 0 saturated heterocycles. The molecule has 116 valence electrons. The smallest absolute Gasteiger partial charge is 0.334 e. The Morgan fingerprint density at radius 3 is 2.43 bits per heavy atom. The number of unbranched alkanes of at least 4 members (excludes halogenated alkanes) is 1. The summed E-state index contributed by atoms with van der Waals surface area (Å²) in [6.07, 6.45) is 2.04. The highest BCUT2D eigenvalue weighted by molar-refractivity contribution is 5.88. The fourth-order valence-corrected chi connectivity index (χ4v) is 2.25. The summed E-state index contributed by atoms with van der Waals surface area (Å²) in [5, 5.41) is 12.3. The molecule has 1 amide bonds. The minimum Gasteiger partial charge on any atom is -0.479 e. The van der Waals surface area contributed by atoms with Crippen LogP contribution in [0, 0.1) is 0 Å². The lowest BCUT2D eigenvalue weighted by Crippen LogP contribution is -2.51. The van der Waals surface area contributed by atoms with Crippen molar-refractivity contribution >= 4 is 11.9 Å². The summed E-state index contributed by atoms with van der Waals surface area (Å²) in [6, 6.07) is 8.81. The van der Waals surface area contributed by atoms with E-state index in [1.165, 1.54) is 0 Å². The normalized spacial score (nSPS) is 13.4. The first kappa shape index (κ1) is 17.2. The Hall–Kier alpha value is -1.88. The molecule has 0 bridgehead atoms. The van der Waals surface area contributed by atoms with Crippen LogP contribution >= 0.6 is 0 Å². The molecule has 1 aromatic carbocycles. The van der Waals surface area contributed by atoms with Gasteiger partial charge < -0.3 is 15.2 Å². The number of nitrogens with one attached hydrogen (secondary N) is 1. The molecule has 5 nitrogen and oxygen atoms in total. The van der Waals surface area contributed by atoms with Gasteiger partial charge in [-0.15, -0.1) is 0 Å². The van der Waals surface area contributed by atoms with E-state index in [0.29, 0.717) is 25.0 Å². The van der Waals surface area contributed by atoms with Gasteiger partial charge in [0.2, 0.25) is 5.91 Å². The number of carbonyl (C=O) groups excluding carboxylic acids is 1. The Morgan fingerprint density at radius 1 is 1.24 bits per heavy atom. The van der Waals surface area contributed by atoms with Crippen molar-refractivity contribution in [3.63, 3.8) is 0 Å². The van der Waals surface area contributed by atoms with Crippen molar-refractivity contribution in [3.05, 3.63) is 35.9 Å². The second kappa shape index (κ2) is 8.42. The van der Waals surface area contributed by atoms with Gasteiger partial charge in [-0.3, -0.25) is 4.79 Å². The van der Waals surface area contributed by atoms with Crippen molar-refractivity contribution in [1.82, 2.24) is 5.32 Å². The van der Waals surface area contributed by atoms with Crippen molar-refractivity contribution in [3.8, 4) is 0 Å². The molecular formula is C16H23NO4. The molecule has 2 N–H and O–H groups in total. The third-order valence-electron chi connectivity index (χ3n) is 3.52. The van der Waals surface area contributed by atoms with Crippen LogP contribution in [-0.4, -0.2) is 30.7 Å². The standard InChI is InChI=1S/C16H23NO4/c1-3-16(15(19)20,13-9-5-4-6-10-13)17-14(18)11-7-8-12-21-2/h4-6,9-10H,3,7-8,11-12H2,1-2H3,(H,17,18)(H,19,20). The predicted octanol–water partition coefficient (Wildman–Crippen LogP) is 2.31. The van der Waals surface area contributed by atoms with E-state index in [4.69, 9.17) is 4.74 Å². The topological polar surface area (TPSA) is 75.6 Å². The van der Waals surface area contributed by atoms with E-state index in [1.807, 2.05) is 6.07 Å². The number of carbonyl (C=O) groups is 2. The van der Waals surface area contributed by atoms with Gasteiger partial charge in [-0.25, -0.2) is 4.79 Å². The summed E-state index contributed by atoms with van der Waals surface area (Å²) in [7, 11) is 1.61. The molecule has 0 saturated carbocycles. The highest BCUT2D eigenvalue weighted by atomic mass is 16.5. The van der Waals surface area contributed by atoms with Crippen molar-refractivity contribution < 1.29 is 19.4 Å². The molecule has 0 aromatic heterocycles. The summed E-state index contributed by atoms with van der Waals surface area (Å²) < 4.78 is 4.93. The Kier molecular flexibility index (Phi) is 6.88. The average Bonchev–Trinajstić information content (AvgIpc) is 2.50. The zero-order valence-corrected chi connectivity index (χ0v) is 12.6. The van der Waals surface area contributed by atoms with E-state index in [9.17, 15) is 14.7 Å². The van der Waals surface area contributed by atoms with E-state index >= 15 is 0 Å². The molecule has 1 rings (SSSR count). The summed E-state index contributed by atoms with van der Waals surface area (Å²) in [5.41, 5.74) is -0.773. The number of aliphatic carboxylic acids is 1. The zero-order valence-electron chi connectivity index (χ0n) is 12.6. The summed E-state index contributed by atoms with van der Waals surface area (Å²) >= 11 is 0. The van der Waals surface area contributed by atoms with Gasteiger partial charge in [0.25, 0.3) is 0 Å². The maximum atomic E-state index is 12.0. The highest BCUT2D eigenvalue weighted by Gasteiger charge is 2.39. The van der Waals surface area contributed by atoms with Crippen LogP contribution in [0.15, 0.2) is 30.3 Å². The summed E-state index contributed by atoms with van der Waals surface area (Å²) in [5.74, 6) is -1.29. The maximum Gasteiger partial charge on any atom is 0.334 e. The SMILES string of the molecule is CCC(NC(=O)CCCCOC)(C(=O)O)c1ccccc1. The molecule has 5 heteroatoms. The molecule has 0 radical (unpaired) electrons. The first-order chi connectivity index (χ1) is 10.1. The number of hydrogen-bond donors (Lipinski definition) is 2. The fourth-order valence-electron chi connectivity index (χ4n) is 2.25. The van der Waals surface area contributed by atoms with Gasteiger partial charge >= 0.3 is 5.97 Å². The van der Waals surface area contributed by atoms with Crippen molar-refractivity contribution in [1.29, 1.82) is 0 Å². The van der Waals surface area contributed by atoms with E-state index in [0.717, 1.165) is 6.42 Å². The van der Waals surface area contributed by atoms with Crippen LogP contribution in [0.3, 0.4) is 0 Å². The predicted molar refractivity (Wildman–Crippen MR) is 79.9 cm³/mol. The molecule has 0 spiro atoms. The van der Waals surface area contributed by atoms with E-state index < -0.39 is 11.5 Å². The molecule has 0 fully saturated rings. The highest BCUT2D eigenvalue weighted by Crippen LogP contribution is 2.25. The Balaban J connectivity index is 2.80. The number of benzene rings is 1. The minimum absolute atomic E-state index is 0.251. The van der Waals surface area contributed by atoms with Crippen LogP contribution in [0.5, 0.6) is 0 Å². The number of rotatable bonds is 9. The Morgan fingerprint density at radius 2 is 1.90 bits per heavy atom. The van der Waals surface area contributed by atoms with E-state index in [-0.39, 0.29) is 12.3 Å². The summed E-state index contributed by atoms with van der Waals surface area (Å²) in [6.45, 7) is 2.36. The Bertz CT molecular complexity index is 461. The maximum absolute atomic E-state index is 12.0. The fraction of sp³-hybridized carbons (Fsp3) is 0.500. The van der Waals surface area contributed by atoms with Crippen LogP contribution in [0.2, 0.25) is 0 Å². The number of carboxylic acids is 1. The van der Waals surface area contributed by atoms with Crippen molar-refractivity contribution in [2.24, 2.45) is 0 Å². The van der Waals surface area contributed by atoms with Crippen molar-refractivity contribution in [2.45, 2.75) is 38.1 Å². The number of methoxy groups -OCH3 is 1. The minimum atomic E-state index is -1.36. The van der Waals surface area contributed by atoms with Crippen LogP contribution in [0.25, 0.3) is 0 Å². The van der Waals surface area contributed by atoms with Crippen molar-refractivity contribution in [2.75, 3.05) is 13.7 Å². The van der Waals surface area contributed by atoms with Crippen LogP contribution in [0.4, 0.5) is 0 Å². The van der Waals surface area contributed by atoms with Gasteiger partial charge in [0.05, 0.1) is 0 Å². The van der Waals surface area contributed by atoms with Gasteiger partial charge in [-0.2, -0.15) is 0 Å². The first-order valence-electron chi connectivity index (χ1n) is 7.15. The third kappa shape index (κ3) is 4.56. The number of amides is 1. The third-order valence-corrected chi connectivity index (χ3v) is 3.52. The Labute approximate surface area is 125 Å². The quantitative estimate of drug-likeness (QED) is 0.685. The second-order valence-electron chi connectivity index (χ2n) is 4.93. The lowest BCUT2D eigenvalue weighted by molar-refractivity contribution is -0.148. The van der Waals surface area contributed by atoms with Crippen LogP contribution in [0.1, 0.15) is 38.2 Å². The molecule has 0 aliphatic carbocycles. The van der Waals surface area contributed by atoms with Crippen LogP contribution in [-0.2, 0) is 19.9 Å². The molecule has 1 unspecified atom stereocenters. The lowest BCUT2D eigenvalue weighted by Gasteiger charge is -2.30. The van der Waals surface area contributed by atoms with E-state index in [1.54, 1.807) is 38.3 Å². The first-order valence-corrected chi connectivity index (χ1v) is 7.15. The van der Waals surface area contributed by atoms with E-state index in [2.05, 4.69) is 5.32 Å². The number of ether oxygens (including phenoxy) is 1. The number of hydrogen-bond acceptors (Lipinski definition) is 3.